The minimum absolute atomic E-state index is 0. The predicted molar refractivity (Wildman–Crippen MR) is 11.1 cm³/mol. The summed E-state index contributed by atoms with van der Waals surface area (Å²) in [7, 11) is 0. The van der Waals surface area contributed by atoms with Crippen molar-refractivity contribution in [2.75, 3.05) is 0 Å². The third-order valence-electron chi connectivity index (χ3n) is 0. The predicted octanol–water partition coefficient (Wildman–Crippen LogP) is -4.07. The SMILES string of the molecule is [AlH3].[Co].[H-].[Li+].[Ni]. The van der Waals surface area contributed by atoms with Crippen molar-refractivity contribution in [3.8, 4) is 0 Å². The van der Waals surface area contributed by atoms with Gasteiger partial charge in [-0.25, -0.2) is 0 Å². The fourth-order valence-electron chi connectivity index (χ4n) is 0. The van der Waals surface area contributed by atoms with E-state index in [0.717, 1.165) is 0 Å². The van der Waals surface area contributed by atoms with Gasteiger partial charge in [-0.2, -0.15) is 0 Å². The Balaban J connectivity index is 0. The molecular formula is H4AlCoLiNi. The summed E-state index contributed by atoms with van der Waals surface area (Å²) in [5, 5.41) is 0. The molecule has 0 aliphatic carbocycles. The van der Waals surface area contributed by atoms with E-state index < -0.39 is 0 Å². The fourth-order valence-corrected chi connectivity index (χ4v) is 0. The van der Waals surface area contributed by atoms with E-state index >= 15 is 0 Å². The van der Waals surface area contributed by atoms with Crippen molar-refractivity contribution in [3.05, 3.63) is 0 Å². The van der Waals surface area contributed by atoms with Crippen LogP contribution in [0.2, 0.25) is 0 Å². The van der Waals surface area contributed by atoms with E-state index in [1.54, 1.807) is 0 Å². The quantitative estimate of drug-likeness (QED) is 0.312. The third-order valence-corrected chi connectivity index (χ3v) is 0. The molecule has 1 radical (unpaired) electrons. The van der Waals surface area contributed by atoms with Gasteiger partial charge < -0.3 is 1.43 Å². The van der Waals surface area contributed by atoms with Gasteiger partial charge in [-0.3, -0.25) is 0 Å². The van der Waals surface area contributed by atoms with Gasteiger partial charge in [0.1, 0.15) is 0 Å². The molecule has 0 heterocycles. The standard InChI is InChI=1S/Al.Co.Li.Ni.4H/q;;+1;;;;;-1. The summed E-state index contributed by atoms with van der Waals surface area (Å²) in [6, 6.07) is 0. The molecule has 0 aliphatic heterocycles. The average Bonchev–Trinajstić information content (AvgIpc) is 0. The Morgan fingerprint density at radius 1 is 1.25 bits per heavy atom. The summed E-state index contributed by atoms with van der Waals surface area (Å²) in [5.41, 5.74) is 0. The zero-order chi connectivity index (χ0) is 0. The van der Waals surface area contributed by atoms with Crippen LogP contribution in [0.3, 0.4) is 0 Å². The topological polar surface area (TPSA) is 0 Å². The maximum Gasteiger partial charge on any atom is 1.00 e. The van der Waals surface area contributed by atoms with Gasteiger partial charge in [-0.1, -0.05) is 0 Å². The summed E-state index contributed by atoms with van der Waals surface area (Å²) in [5.74, 6) is 0. The molecule has 0 saturated carbocycles. The van der Waals surface area contributed by atoms with E-state index in [4.69, 9.17) is 0 Å². The van der Waals surface area contributed by atoms with Crippen LogP contribution < -0.4 is 18.9 Å². The first-order valence-corrected chi connectivity index (χ1v) is 0. The molecule has 0 bridgehead atoms. The molecule has 0 amide bonds. The van der Waals surface area contributed by atoms with Crippen LogP contribution in [-0.4, -0.2) is 17.4 Å². The summed E-state index contributed by atoms with van der Waals surface area (Å²) < 4.78 is 0. The van der Waals surface area contributed by atoms with Gasteiger partial charge in [-0.15, -0.1) is 0 Å². The minimum Gasteiger partial charge on any atom is -1.00 e. The second kappa shape index (κ2) is 19.3. The van der Waals surface area contributed by atoms with Crippen LogP contribution in [0.1, 0.15) is 1.43 Å². The second-order valence-corrected chi connectivity index (χ2v) is 0. The second-order valence-electron chi connectivity index (χ2n) is 0. The van der Waals surface area contributed by atoms with Crippen molar-refractivity contribution in [2.24, 2.45) is 0 Å². The smallest absolute Gasteiger partial charge is 1.00 e. The first-order chi connectivity index (χ1) is 0. The van der Waals surface area contributed by atoms with Gasteiger partial charge >= 0.3 is 18.9 Å². The third kappa shape index (κ3) is 8.92. The Labute approximate surface area is 70.4 Å². The summed E-state index contributed by atoms with van der Waals surface area (Å²) in [6.45, 7) is 0. The van der Waals surface area contributed by atoms with E-state index in [9.17, 15) is 0 Å². The molecule has 0 atom stereocenters. The average molecular weight is 156 g/mol. The van der Waals surface area contributed by atoms with E-state index in [1.165, 1.54) is 0 Å². The molecule has 27 valence electrons. The van der Waals surface area contributed by atoms with Gasteiger partial charge in [0, 0.05) is 33.3 Å². The number of rotatable bonds is 0. The van der Waals surface area contributed by atoms with Crippen LogP contribution in [0.25, 0.3) is 0 Å². The van der Waals surface area contributed by atoms with Gasteiger partial charge in [0.25, 0.3) is 0 Å². The molecule has 0 saturated heterocycles. The van der Waals surface area contributed by atoms with Crippen molar-refractivity contribution in [1.82, 2.24) is 0 Å². The molecule has 0 aromatic rings. The zero-order valence-electron chi connectivity index (χ0n) is 2.65. The van der Waals surface area contributed by atoms with Crippen LogP contribution >= 0.6 is 0 Å². The molecule has 0 rings (SSSR count). The molecule has 0 nitrogen and oxygen atoms in total. The van der Waals surface area contributed by atoms with E-state index in [2.05, 4.69) is 0 Å². The Morgan fingerprint density at radius 3 is 1.25 bits per heavy atom. The molecule has 0 aromatic carbocycles. The maximum absolute atomic E-state index is 0. The summed E-state index contributed by atoms with van der Waals surface area (Å²) in [4.78, 5) is 0. The summed E-state index contributed by atoms with van der Waals surface area (Å²) >= 11 is 0. The monoisotopic (exact) mass is 155 g/mol. The summed E-state index contributed by atoms with van der Waals surface area (Å²) in [6.07, 6.45) is 0. The molecule has 0 unspecified atom stereocenters. The normalized spacial score (nSPS) is 0. The van der Waals surface area contributed by atoms with E-state index in [1.807, 2.05) is 0 Å². The zero-order valence-corrected chi connectivity index (χ0v) is 3.68. The van der Waals surface area contributed by atoms with Crippen LogP contribution in [0.4, 0.5) is 0 Å². The van der Waals surface area contributed by atoms with Crippen LogP contribution in [-0.2, 0) is 33.3 Å². The van der Waals surface area contributed by atoms with Gasteiger partial charge in [0.05, 0.1) is 0 Å². The molecule has 0 fully saturated rings. The van der Waals surface area contributed by atoms with Gasteiger partial charge in [-0.05, 0) is 0 Å². The van der Waals surface area contributed by atoms with Gasteiger partial charge in [0.15, 0.2) is 17.4 Å². The van der Waals surface area contributed by atoms with E-state index in [-0.39, 0.29) is 70.9 Å². The largest absolute Gasteiger partial charge is 1.00 e. The molecule has 0 aliphatic rings. The first-order valence-electron chi connectivity index (χ1n) is 0. The van der Waals surface area contributed by atoms with Crippen molar-refractivity contribution >= 4 is 17.4 Å². The minimum atomic E-state index is 0. The number of hydrogen-bond donors (Lipinski definition) is 0. The maximum atomic E-state index is 0. The van der Waals surface area contributed by atoms with Crippen molar-refractivity contribution < 1.29 is 53.6 Å². The van der Waals surface area contributed by atoms with Crippen molar-refractivity contribution in [1.29, 1.82) is 0 Å². The fraction of sp³-hybridized carbons (Fsp3) is 0. The Kier molecular flexibility index (Phi) is 171. The molecule has 4 heavy (non-hydrogen) atoms. The van der Waals surface area contributed by atoms with Crippen LogP contribution in [0.5, 0.6) is 0 Å². The molecule has 0 spiro atoms. The van der Waals surface area contributed by atoms with Gasteiger partial charge in [0.2, 0.25) is 0 Å². The Bertz CT molecular complexity index is 11.6. The molecule has 0 aromatic heterocycles. The molecule has 0 N–H and O–H groups in total. The Morgan fingerprint density at radius 2 is 1.25 bits per heavy atom. The first kappa shape index (κ1) is 35.6. The number of hydrogen-bond acceptors (Lipinski definition) is 0. The van der Waals surface area contributed by atoms with Crippen molar-refractivity contribution in [3.63, 3.8) is 0 Å². The Hall–Kier alpha value is 2.13. The van der Waals surface area contributed by atoms with E-state index in [0.29, 0.717) is 0 Å². The molecule has 4 heteroatoms. The molecular weight excluding hydrogens is 152 g/mol. The van der Waals surface area contributed by atoms with Crippen molar-refractivity contribution in [2.45, 2.75) is 0 Å². The van der Waals surface area contributed by atoms with Crippen LogP contribution in [0, 0.1) is 0 Å². The van der Waals surface area contributed by atoms with Crippen LogP contribution in [0.15, 0.2) is 0 Å².